The molecular formula is C18H15N3O4. The van der Waals surface area contributed by atoms with Crippen LogP contribution in [0.4, 0.5) is 0 Å². The molecule has 4 aliphatic rings. The minimum absolute atomic E-state index is 0.144. The standard InChI is InChI=1S/C18H15N3O4/c1-2-21-17(22)10-11(18(21)23)15-16-12(14(10)24-15)13(20-25-16)9-5-3-8(7-19)4-6-9/h3-6,10-12,14-16H,2H2,1H3/t10-,11-,12-,14-,15-,16+/m1/s1. The van der Waals surface area contributed by atoms with Crippen molar-refractivity contribution >= 4 is 17.5 Å². The number of carbonyl (C=O) groups is 2. The second-order valence-corrected chi connectivity index (χ2v) is 6.80. The second-order valence-electron chi connectivity index (χ2n) is 6.80. The van der Waals surface area contributed by atoms with Crippen molar-refractivity contribution in [2.45, 2.75) is 25.2 Å². The summed E-state index contributed by atoms with van der Waals surface area (Å²) in [5, 5.41) is 13.2. The maximum Gasteiger partial charge on any atom is 0.235 e. The molecule has 25 heavy (non-hydrogen) atoms. The molecule has 0 radical (unpaired) electrons. The Hall–Kier alpha value is -2.72. The normalized spacial score (nSPS) is 37.6. The van der Waals surface area contributed by atoms with Crippen molar-refractivity contribution in [3.05, 3.63) is 35.4 Å². The first-order valence-electron chi connectivity index (χ1n) is 8.40. The number of oxime groups is 1. The van der Waals surface area contributed by atoms with Crippen molar-refractivity contribution in [1.82, 2.24) is 4.90 Å². The predicted molar refractivity (Wildman–Crippen MR) is 84.1 cm³/mol. The number of likely N-dealkylation sites (tertiary alicyclic amines) is 1. The molecule has 6 atom stereocenters. The first-order valence-corrected chi connectivity index (χ1v) is 8.40. The topological polar surface area (TPSA) is 92.0 Å². The Morgan fingerprint density at radius 1 is 1.08 bits per heavy atom. The zero-order chi connectivity index (χ0) is 17.3. The van der Waals surface area contributed by atoms with Gasteiger partial charge in [-0.15, -0.1) is 0 Å². The molecule has 126 valence electrons. The Balaban J connectivity index is 1.49. The lowest BCUT2D eigenvalue weighted by molar-refractivity contribution is -0.142. The zero-order valence-electron chi connectivity index (χ0n) is 13.5. The van der Waals surface area contributed by atoms with Crippen LogP contribution in [0.2, 0.25) is 0 Å². The highest BCUT2D eigenvalue weighted by Gasteiger charge is 2.71. The lowest BCUT2D eigenvalue weighted by atomic mass is 9.71. The number of nitrogens with zero attached hydrogens (tertiary/aromatic N) is 3. The minimum Gasteiger partial charge on any atom is -0.389 e. The van der Waals surface area contributed by atoms with E-state index in [0.717, 1.165) is 11.3 Å². The summed E-state index contributed by atoms with van der Waals surface area (Å²) in [4.78, 5) is 32.1. The molecule has 7 nitrogen and oxygen atoms in total. The Labute approximate surface area is 143 Å². The number of benzene rings is 1. The van der Waals surface area contributed by atoms with Gasteiger partial charge >= 0.3 is 0 Å². The number of ether oxygens (including phenoxy) is 1. The van der Waals surface area contributed by atoms with Crippen molar-refractivity contribution in [3.63, 3.8) is 0 Å². The summed E-state index contributed by atoms with van der Waals surface area (Å²) in [5.74, 6) is -1.35. The van der Waals surface area contributed by atoms with E-state index in [-0.39, 0.29) is 29.9 Å². The van der Waals surface area contributed by atoms with Crippen LogP contribution in [0.25, 0.3) is 0 Å². The summed E-state index contributed by atoms with van der Waals surface area (Å²) in [5.41, 5.74) is 2.15. The fraction of sp³-hybridized carbons (Fsp3) is 0.444. The van der Waals surface area contributed by atoms with E-state index >= 15 is 0 Å². The molecule has 2 amide bonds. The van der Waals surface area contributed by atoms with E-state index in [1.54, 1.807) is 19.1 Å². The molecule has 3 fully saturated rings. The van der Waals surface area contributed by atoms with Crippen molar-refractivity contribution in [2.75, 3.05) is 6.54 Å². The molecule has 7 heteroatoms. The van der Waals surface area contributed by atoms with Crippen molar-refractivity contribution < 1.29 is 19.2 Å². The van der Waals surface area contributed by atoms with E-state index in [9.17, 15) is 9.59 Å². The molecule has 2 bridgehead atoms. The number of carbonyl (C=O) groups excluding carboxylic acids is 2. The van der Waals surface area contributed by atoms with Crippen LogP contribution in [0.5, 0.6) is 0 Å². The predicted octanol–water partition coefficient (Wildman–Crippen LogP) is 0.679. The van der Waals surface area contributed by atoms with Crippen LogP contribution in [0, 0.1) is 29.1 Å². The summed E-state index contributed by atoms with van der Waals surface area (Å²) in [6, 6.07) is 9.19. The summed E-state index contributed by atoms with van der Waals surface area (Å²) >= 11 is 0. The van der Waals surface area contributed by atoms with E-state index in [0.29, 0.717) is 12.1 Å². The molecule has 4 aliphatic heterocycles. The first kappa shape index (κ1) is 14.6. The number of hydrogen-bond donors (Lipinski definition) is 0. The summed E-state index contributed by atoms with van der Waals surface area (Å²) in [6.45, 7) is 2.19. The molecule has 0 aliphatic carbocycles. The van der Waals surface area contributed by atoms with Gasteiger partial charge in [-0.1, -0.05) is 17.3 Å². The van der Waals surface area contributed by atoms with Gasteiger partial charge in [0.25, 0.3) is 0 Å². The summed E-state index contributed by atoms with van der Waals surface area (Å²) < 4.78 is 6.01. The molecule has 0 aromatic heterocycles. The highest BCUT2D eigenvalue weighted by Crippen LogP contribution is 2.54. The zero-order valence-corrected chi connectivity index (χ0v) is 13.5. The van der Waals surface area contributed by atoms with E-state index in [1.807, 2.05) is 12.1 Å². The number of amides is 2. The monoisotopic (exact) mass is 337 g/mol. The third kappa shape index (κ3) is 1.70. The fourth-order valence-electron chi connectivity index (χ4n) is 4.68. The third-order valence-corrected chi connectivity index (χ3v) is 5.76. The SMILES string of the molecule is CCN1C(=O)[C@H]2[C@H]3O[C@@H]([C@H]4C(c5ccc(C#N)cc5)=NO[C@H]34)[C@@H]2C1=O. The molecular weight excluding hydrogens is 322 g/mol. The first-order chi connectivity index (χ1) is 12.2. The third-order valence-electron chi connectivity index (χ3n) is 5.76. The van der Waals surface area contributed by atoms with E-state index in [4.69, 9.17) is 14.8 Å². The van der Waals surface area contributed by atoms with Gasteiger partial charge in [-0.05, 0) is 24.6 Å². The Bertz CT molecular complexity index is 856. The summed E-state index contributed by atoms with van der Waals surface area (Å²) in [6.07, 6.45) is -1.14. The van der Waals surface area contributed by atoms with Crippen molar-refractivity contribution in [1.29, 1.82) is 5.26 Å². The van der Waals surface area contributed by atoms with Crippen LogP contribution in [0.3, 0.4) is 0 Å². The van der Waals surface area contributed by atoms with Crippen molar-refractivity contribution in [2.24, 2.45) is 22.9 Å². The second kappa shape index (κ2) is 4.90. The van der Waals surface area contributed by atoms with Crippen LogP contribution in [-0.4, -0.2) is 47.3 Å². The van der Waals surface area contributed by atoms with Crippen LogP contribution in [0.1, 0.15) is 18.1 Å². The van der Waals surface area contributed by atoms with Gasteiger partial charge in [-0.2, -0.15) is 5.26 Å². The smallest absolute Gasteiger partial charge is 0.235 e. The number of imide groups is 1. The molecule has 1 aromatic rings. The number of fused-ring (bicyclic) bond motifs is 8. The molecule has 5 rings (SSSR count). The maximum atomic E-state index is 12.6. The molecule has 4 heterocycles. The highest BCUT2D eigenvalue weighted by atomic mass is 16.7. The molecule has 0 saturated carbocycles. The van der Waals surface area contributed by atoms with Gasteiger partial charge in [0.15, 0.2) is 6.10 Å². The van der Waals surface area contributed by atoms with E-state index in [1.165, 1.54) is 4.90 Å². The van der Waals surface area contributed by atoms with Gasteiger partial charge in [-0.25, -0.2) is 0 Å². The largest absolute Gasteiger partial charge is 0.389 e. The van der Waals surface area contributed by atoms with Gasteiger partial charge < -0.3 is 9.57 Å². The lowest BCUT2D eigenvalue weighted by Crippen LogP contribution is -2.45. The average Bonchev–Trinajstić information content (AvgIpc) is 3.35. The molecule has 1 aromatic carbocycles. The van der Waals surface area contributed by atoms with Gasteiger partial charge in [0.2, 0.25) is 11.8 Å². The quantitative estimate of drug-likeness (QED) is 0.740. The van der Waals surface area contributed by atoms with Gasteiger partial charge in [-0.3, -0.25) is 14.5 Å². The summed E-state index contributed by atoms with van der Waals surface area (Å²) in [7, 11) is 0. The Morgan fingerprint density at radius 2 is 1.76 bits per heavy atom. The van der Waals surface area contributed by atoms with Crippen LogP contribution < -0.4 is 0 Å². The average molecular weight is 337 g/mol. The molecule has 0 unspecified atom stereocenters. The van der Waals surface area contributed by atoms with Crippen LogP contribution in [0.15, 0.2) is 29.4 Å². The number of hydrogen-bond acceptors (Lipinski definition) is 6. The van der Waals surface area contributed by atoms with Gasteiger partial charge in [0.05, 0.1) is 41.2 Å². The van der Waals surface area contributed by atoms with Gasteiger partial charge in [0.1, 0.15) is 6.10 Å². The molecule has 3 saturated heterocycles. The maximum absolute atomic E-state index is 12.6. The number of rotatable bonds is 2. The number of nitriles is 1. The van der Waals surface area contributed by atoms with Crippen LogP contribution in [-0.2, 0) is 19.2 Å². The lowest BCUT2D eigenvalue weighted by Gasteiger charge is -2.26. The minimum atomic E-state index is -0.450. The van der Waals surface area contributed by atoms with Crippen LogP contribution >= 0.6 is 0 Å². The van der Waals surface area contributed by atoms with Crippen molar-refractivity contribution in [3.8, 4) is 6.07 Å². The molecule has 0 N–H and O–H groups in total. The van der Waals surface area contributed by atoms with E-state index in [2.05, 4.69) is 11.2 Å². The molecule has 0 spiro atoms. The van der Waals surface area contributed by atoms with Gasteiger partial charge in [0, 0.05) is 6.54 Å². The fourth-order valence-corrected chi connectivity index (χ4v) is 4.68. The van der Waals surface area contributed by atoms with E-state index < -0.39 is 17.9 Å². The Morgan fingerprint density at radius 3 is 2.40 bits per heavy atom. The highest BCUT2D eigenvalue weighted by molar-refractivity contribution is 6.09. The Kier molecular flexibility index (Phi) is 2.86.